The van der Waals surface area contributed by atoms with Gasteiger partial charge in [-0.3, -0.25) is 18.9 Å². The van der Waals surface area contributed by atoms with E-state index < -0.39 is 0 Å². The molecule has 0 atom stereocenters. The maximum Gasteiger partial charge on any atom is 0.267 e. The van der Waals surface area contributed by atoms with Crippen molar-refractivity contribution in [2.24, 2.45) is 0 Å². The van der Waals surface area contributed by atoms with Gasteiger partial charge >= 0.3 is 0 Å². The number of fused-ring (bicyclic) bond motifs is 1. The molecular formula is C23H24N4O3S2. The minimum Gasteiger partial charge on any atom is -0.467 e. The number of carbonyl (C=O) groups is 1. The summed E-state index contributed by atoms with van der Waals surface area (Å²) in [7, 11) is 0. The molecule has 0 aliphatic carbocycles. The summed E-state index contributed by atoms with van der Waals surface area (Å²) in [5.41, 5.74) is 1.62. The number of amides is 1. The number of nitrogens with one attached hydrogen (secondary N) is 1. The van der Waals surface area contributed by atoms with Gasteiger partial charge in [-0.25, -0.2) is 4.98 Å². The van der Waals surface area contributed by atoms with Crippen molar-refractivity contribution < 1.29 is 9.21 Å². The average molecular weight is 469 g/mol. The lowest BCUT2D eigenvalue weighted by molar-refractivity contribution is -0.122. The lowest BCUT2D eigenvalue weighted by Crippen LogP contribution is -2.27. The molecule has 4 heterocycles. The molecule has 9 heteroatoms. The second-order valence-corrected chi connectivity index (χ2v) is 9.22. The summed E-state index contributed by atoms with van der Waals surface area (Å²) in [6, 6.07) is 7.29. The molecule has 0 unspecified atom stereocenters. The van der Waals surface area contributed by atoms with Crippen LogP contribution in [0, 0.1) is 6.92 Å². The fraction of sp³-hybridized carbons (Fsp3) is 0.304. The second-order valence-electron chi connectivity index (χ2n) is 7.55. The van der Waals surface area contributed by atoms with Crippen LogP contribution in [0.25, 0.3) is 11.7 Å². The predicted molar refractivity (Wildman–Crippen MR) is 132 cm³/mol. The maximum absolute atomic E-state index is 13.4. The molecule has 7 nitrogen and oxygen atoms in total. The molecule has 32 heavy (non-hydrogen) atoms. The average Bonchev–Trinajstić information content (AvgIpc) is 3.38. The number of anilines is 1. The van der Waals surface area contributed by atoms with E-state index in [1.54, 1.807) is 30.7 Å². The Balaban J connectivity index is 1.73. The molecule has 1 aliphatic heterocycles. The third-order valence-corrected chi connectivity index (χ3v) is 6.58. The Labute approximate surface area is 195 Å². The van der Waals surface area contributed by atoms with Gasteiger partial charge in [0, 0.05) is 12.7 Å². The summed E-state index contributed by atoms with van der Waals surface area (Å²) in [6.07, 6.45) is 8.00. The summed E-state index contributed by atoms with van der Waals surface area (Å²) < 4.78 is 7.30. The van der Waals surface area contributed by atoms with Crippen molar-refractivity contribution in [3.8, 4) is 0 Å². The molecule has 0 aromatic carbocycles. The van der Waals surface area contributed by atoms with Crippen molar-refractivity contribution >= 4 is 51.7 Å². The molecule has 3 aromatic heterocycles. The number of nitrogens with zero attached hydrogens (tertiary/aromatic N) is 3. The normalized spacial score (nSPS) is 15.3. The van der Waals surface area contributed by atoms with E-state index in [1.165, 1.54) is 21.1 Å². The summed E-state index contributed by atoms with van der Waals surface area (Å²) in [4.78, 5) is 33.0. The number of thioether (sulfide) groups is 1. The van der Waals surface area contributed by atoms with Crippen molar-refractivity contribution in [3.63, 3.8) is 0 Å². The lowest BCUT2D eigenvalue weighted by atomic mass is 10.2. The number of unbranched alkanes of at least 4 members (excludes halogenated alkanes) is 2. The van der Waals surface area contributed by atoms with Gasteiger partial charge in [-0.15, -0.1) is 0 Å². The summed E-state index contributed by atoms with van der Waals surface area (Å²) in [6.45, 7) is 5.01. The Kier molecular flexibility index (Phi) is 6.76. The predicted octanol–water partition coefficient (Wildman–Crippen LogP) is 4.60. The minimum atomic E-state index is -0.248. The number of hydrogen-bond acceptors (Lipinski definition) is 7. The standard InChI is InChI=1S/C23H24N4O3S2/c1-3-4-5-10-24-19-17(21(28)26-11-6-8-15(2)20(26)25-19)13-18-22(29)27(23(31)32-18)14-16-9-7-12-30-16/h6-9,11-13,24H,3-5,10,14H2,1-2H3/b18-13+. The van der Waals surface area contributed by atoms with Gasteiger partial charge in [0.25, 0.3) is 11.5 Å². The topological polar surface area (TPSA) is 79.9 Å². The molecular weight excluding hydrogens is 444 g/mol. The molecule has 1 aliphatic rings. The van der Waals surface area contributed by atoms with Crippen LogP contribution in [0.2, 0.25) is 0 Å². The SMILES string of the molecule is CCCCCNc1nc2c(C)cccn2c(=O)c1/C=C1/SC(=S)N(Cc2ccco2)C1=O. The molecule has 0 bridgehead atoms. The van der Waals surface area contributed by atoms with E-state index in [1.807, 2.05) is 19.1 Å². The van der Waals surface area contributed by atoms with Crippen LogP contribution >= 0.6 is 24.0 Å². The van der Waals surface area contributed by atoms with E-state index in [0.29, 0.717) is 38.6 Å². The number of rotatable bonds is 8. The number of thiocarbonyl (C=S) groups is 1. The van der Waals surface area contributed by atoms with Crippen LogP contribution in [-0.2, 0) is 11.3 Å². The first kappa shape index (κ1) is 22.3. The van der Waals surface area contributed by atoms with Crippen LogP contribution < -0.4 is 10.9 Å². The highest BCUT2D eigenvalue weighted by Crippen LogP contribution is 2.34. The molecule has 3 aromatic rings. The second kappa shape index (κ2) is 9.70. The highest BCUT2D eigenvalue weighted by Gasteiger charge is 2.33. The molecule has 1 N–H and O–H groups in total. The largest absolute Gasteiger partial charge is 0.467 e. The van der Waals surface area contributed by atoms with Crippen molar-refractivity contribution in [1.82, 2.24) is 14.3 Å². The van der Waals surface area contributed by atoms with E-state index in [2.05, 4.69) is 12.2 Å². The molecule has 1 amide bonds. The molecule has 0 saturated carbocycles. The summed E-state index contributed by atoms with van der Waals surface area (Å²) >= 11 is 6.59. The zero-order valence-corrected chi connectivity index (χ0v) is 19.6. The van der Waals surface area contributed by atoms with Gasteiger partial charge < -0.3 is 9.73 Å². The third kappa shape index (κ3) is 4.49. The highest BCUT2D eigenvalue weighted by molar-refractivity contribution is 8.26. The Morgan fingerprint density at radius 1 is 1.25 bits per heavy atom. The number of furan rings is 1. The van der Waals surface area contributed by atoms with Gasteiger partial charge in [-0.2, -0.15) is 0 Å². The van der Waals surface area contributed by atoms with Crippen molar-refractivity contribution in [2.75, 3.05) is 11.9 Å². The van der Waals surface area contributed by atoms with E-state index >= 15 is 0 Å². The van der Waals surface area contributed by atoms with Crippen LogP contribution in [-0.4, -0.2) is 31.1 Å². The van der Waals surface area contributed by atoms with Gasteiger partial charge in [0.1, 0.15) is 21.5 Å². The van der Waals surface area contributed by atoms with Crippen LogP contribution in [0.3, 0.4) is 0 Å². The van der Waals surface area contributed by atoms with Crippen LogP contribution in [0.5, 0.6) is 0 Å². The first-order valence-corrected chi connectivity index (χ1v) is 11.8. The van der Waals surface area contributed by atoms with E-state index in [4.69, 9.17) is 21.6 Å². The molecule has 1 saturated heterocycles. The lowest BCUT2D eigenvalue weighted by Gasteiger charge is -2.13. The number of hydrogen-bond donors (Lipinski definition) is 1. The van der Waals surface area contributed by atoms with E-state index in [-0.39, 0.29) is 18.0 Å². The van der Waals surface area contributed by atoms with Gasteiger partial charge in [-0.05, 0) is 43.2 Å². The Hall–Kier alpha value is -2.91. The maximum atomic E-state index is 13.4. The first-order chi connectivity index (χ1) is 15.5. The summed E-state index contributed by atoms with van der Waals surface area (Å²) in [5, 5.41) is 3.30. The van der Waals surface area contributed by atoms with Gasteiger partial charge in [-0.1, -0.05) is 49.8 Å². The van der Waals surface area contributed by atoms with Crippen molar-refractivity contribution in [1.29, 1.82) is 0 Å². The fourth-order valence-corrected chi connectivity index (χ4v) is 4.72. The van der Waals surface area contributed by atoms with Crippen LogP contribution in [0.4, 0.5) is 5.82 Å². The Morgan fingerprint density at radius 3 is 2.84 bits per heavy atom. The Bertz CT molecular complexity index is 1250. The van der Waals surface area contributed by atoms with Crippen LogP contribution in [0.1, 0.15) is 43.1 Å². The number of aryl methyl sites for hydroxylation is 1. The first-order valence-electron chi connectivity index (χ1n) is 10.5. The van der Waals surface area contributed by atoms with E-state index in [9.17, 15) is 9.59 Å². The zero-order valence-electron chi connectivity index (χ0n) is 18.0. The molecule has 4 rings (SSSR count). The molecule has 0 spiro atoms. The Morgan fingerprint density at radius 2 is 2.09 bits per heavy atom. The third-order valence-electron chi connectivity index (χ3n) is 5.20. The van der Waals surface area contributed by atoms with Crippen LogP contribution in [0.15, 0.2) is 50.8 Å². The molecule has 1 fully saturated rings. The molecule has 0 radical (unpaired) electrons. The number of aromatic nitrogens is 2. The van der Waals surface area contributed by atoms with Crippen molar-refractivity contribution in [2.45, 2.75) is 39.7 Å². The van der Waals surface area contributed by atoms with Gasteiger partial charge in [0.2, 0.25) is 0 Å². The zero-order chi connectivity index (χ0) is 22.7. The van der Waals surface area contributed by atoms with Gasteiger partial charge in [0.15, 0.2) is 0 Å². The highest BCUT2D eigenvalue weighted by atomic mass is 32.2. The van der Waals surface area contributed by atoms with Gasteiger partial charge in [0.05, 0.1) is 23.3 Å². The quantitative estimate of drug-likeness (QED) is 0.294. The number of pyridine rings is 1. The fourth-order valence-electron chi connectivity index (χ4n) is 3.48. The van der Waals surface area contributed by atoms with E-state index in [0.717, 1.165) is 24.8 Å². The van der Waals surface area contributed by atoms with Crippen molar-refractivity contribution in [3.05, 3.63) is 68.9 Å². The smallest absolute Gasteiger partial charge is 0.267 e. The summed E-state index contributed by atoms with van der Waals surface area (Å²) in [5.74, 6) is 0.877. The monoisotopic (exact) mass is 468 g/mol. The number of carbonyl (C=O) groups excluding carboxylic acids is 1. The molecule has 166 valence electrons. The minimum absolute atomic E-state index is 0.229.